The quantitative estimate of drug-likeness (QED) is 0.783. The molecule has 0 bridgehead atoms. The highest BCUT2D eigenvalue weighted by atomic mass is 19.1. The zero-order valence-corrected chi connectivity index (χ0v) is 16.6. The first kappa shape index (κ1) is 20.5. The second-order valence-corrected chi connectivity index (χ2v) is 7.46. The van der Waals surface area contributed by atoms with Gasteiger partial charge < -0.3 is 10.1 Å². The summed E-state index contributed by atoms with van der Waals surface area (Å²) in [4.78, 5) is 39.2. The van der Waals surface area contributed by atoms with E-state index in [9.17, 15) is 18.8 Å². The van der Waals surface area contributed by atoms with Crippen LogP contribution in [-0.2, 0) is 25.5 Å². The summed E-state index contributed by atoms with van der Waals surface area (Å²) in [7, 11) is 0. The summed E-state index contributed by atoms with van der Waals surface area (Å²) in [6, 6.07) is 12.8. The van der Waals surface area contributed by atoms with Gasteiger partial charge in [0.2, 0.25) is 5.91 Å². The molecule has 0 radical (unpaired) electrons. The Kier molecular flexibility index (Phi) is 5.68. The lowest BCUT2D eigenvalue weighted by atomic mass is 9.95. The first-order valence-corrected chi connectivity index (χ1v) is 9.38. The summed E-state index contributed by atoms with van der Waals surface area (Å²) in [6.07, 6.45) is -0.626. The van der Waals surface area contributed by atoms with E-state index in [0.29, 0.717) is 17.8 Å². The number of carbonyl (C=O) groups is 3. The van der Waals surface area contributed by atoms with Gasteiger partial charge in [-0.1, -0.05) is 24.3 Å². The minimum atomic E-state index is -1.14. The number of halogens is 1. The molecule has 1 aliphatic heterocycles. The fourth-order valence-corrected chi connectivity index (χ4v) is 3.23. The molecule has 29 heavy (non-hydrogen) atoms. The molecule has 0 spiro atoms. The normalized spacial score (nSPS) is 15.9. The van der Waals surface area contributed by atoms with Gasteiger partial charge in [0.25, 0.3) is 5.91 Å². The van der Waals surface area contributed by atoms with Gasteiger partial charge in [0.1, 0.15) is 11.4 Å². The van der Waals surface area contributed by atoms with Crippen LogP contribution < -0.4 is 10.2 Å². The maximum atomic E-state index is 13.1. The maximum Gasteiger partial charge on any atom is 0.306 e. The summed E-state index contributed by atoms with van der Waals surface area (Å²) in [5.74, 6) is -1.68. The zero-order valence-electron chi connectivity index (χ0n) is 16.6. The third kappa shape index (κ3) is 4.29. The van der Waals surface area contributed by atoms with Crippen LogP contribution in [0.5, 0.6) is 0 Å². The van der Waals surface area contributed by atoms with Gasteiger partial charge in [-0.25, -0.2) is 4.39 Å². The van der Waals surface area contributed by atoms with Crippen LogP contribution in [0, 0.1) is 5.82 Å². The Morgan fingerprint density at radius 1 is 1.14 bits per heavy atom. The summed E-state index contributed by atoms with van der Waals surface area (Å²) in [5.41, 5.74) is 0.738. The van der Waals surface area contributed by atoms with Crippen molar-refractivity contribution in [1.29, 1.82) is 0 Å². The molecule has 2 aromatic carbocycles. The van der Waals surface area contributed by atoms with Crippen molar-refractivity contribution in [2.75, 3.05) is 10.2 Å². The van der Waals surface area contributed by atoms with E-state index in [4.69, 9.17) is 4.74 Å². The lowest BCUT2D eigenvalue weighted by Gasteiger charge is -2.42. The molecule has 0 unspecified atom stereocenters. The summed E-state index contributed by atoms with van der Waals surface area (Å²) >= 11 is 0. The monoisotopic (exact) mass is 398 g/mol. The standard InChI is InChI=1S/C22H23FN2O4/c1-14(29-19(26)13-10-15-8-11-16(23)12-9-15)20(27)25-18-7-5-4-6-17(18)24-21(28)22(25,2)3/h4-9,11-12,14H,10,13H2,1-3H3,(H,24,28)/t14-/m1/s1. The number of nitrogens with one attached hydrogen (secondary N) is 1. The topological polar surface area (TPSA) is 75.7 Å². The van der Waals surface area contributed by atoms with Crippen molar-refractivity contribution in [3.05, 3.63) is 59.9 Å². The second-order valence-electron chi connectivity index (χ2n) is 7.46. The van der Waals surface area contributed by atoms with E-state index in [1.807, 2.05) is 0 Å². The molecule has 7 heteroatoms. The fourth-order valence-electron chi connectivity index (χ4n) is 3.23. The maximum absolute atomic E-state index is 13.1. The Hall–Kier alpha value is -3.22. The van der Waals surface area contributed by atoms with Crippen LogP contribution in [0.3, 0.4) is 0 Å². The number of ether oxygens (including phenoxy) is 1. The van der Waals surface area contributed by atoms with Crippen molar-refractivity contribution in [2.24, 2.45) is 0 Å². The third-order valence-electron chi connectivity index (χ3n) is 4.92. The summed E-state index contributed by atoms with van der Waals surface area (Å²) < 4.78 is 18.3. The highest BCUT2D eigenvalue weighted by Crippen LogP contribution is 2.37. The average molecular weight is 398 g/mol. The van der Waals surface area contributed by atoms with Crippen molar-refractivity contribution in [1.82, 2.24) is 0 Å². The number of benzene rings is 2. The lowest BCUT2D eigenvalue weighted by Crippen LogP contribution is -2.60. The predicted molar refractivity (Wildman–Crippen MR) is 107 cm³/mol. The Labute approximate surface area is 168 Å². The van der Waals surface area contributed by atoms with Crippen LogP contribution in [0.15, 0.2) is 48.5 Å². The van der Waals surface area contributed by atoms with Crippen molar-refractivity contribution in [2.45, 2.75) is 45.3 Å². The van der Waals surface area contributed by atoms with E-state index in [1.165, 1.54) is 24.0 Å². The van der Waals surface area contributed by atoms with Gasteiger partial charge in [-0.05, 0) is 57.0 Å². The number of esters is 1. The third-order valence-corrected chi connectivity index (χ3v) is 4.92. The Balaban J connectivity index is 1.69. The van der Waals surface area contributed by atoms with Crippen molar-refractivity contribution in [3.8, 4) is 0 Å². The molecule has 152 valence electrons. The lowest BCUT2D eigenvalue weighted by molar-refractivity contribution is -0.154. The number of carbonyl (C=O) groups excluding carboxylic acids is 3. The van der Waals surface area contributed by atoms with E-state index >= 15 is 0 Å². The molecule has 2 amide bonds. The van der Waals surface area contributed by atoms with Crippen LogP contribution in [-0.4, -0.2) is 29.4 Å². The number of anilines is 2. The van der Waals surface area contributed by atoms with Crippen LogP contribution >= 0.6 is 0 Å². The number of fused-ring (bicyclic) bond motifs is 1. The fraction of sp³-hybridized carbons (Fsp3) is 0.318. The van der Waals surface area contributed by atoms with Gasteiger partial charge in [-0.15, -0.1) is 0 Å². The SMILES string of the molecule is C[C@@H](OC(=O)CCc1ccc(F)cc1)C(=O)N1c2ccccc2NC(=O)C1(C)C. The van der Waals surface area contributed by atoms with E-state index in [0.717, 1.165) is 5.56 Å². The average Bonchev–Trinajstić information content (AvgIpc) is 2.68. The molecular formula is C22H23FN2O4. The number of nitrogens with zero attached hydrogens (tertiary/aromatic N) is 1. The molecule has 0 saturated heterocycles. The van der Waals surface area contributed by atoms with Gasteiger partial charge in [0.05, 0.1) is 11.4 Å². The molecule has 2 aromatic rings. The highest BCUT2D eigenvalue weighted by molar-refractivity contribution is 6.15. The van der Waals surface area contributed by atoms with Crippen LogP contribution in [0.2, 0.25) is 0 Å². The molecule has 6 nitrogen and oxygen atoms in total. The number of amides is 2. The number of aryl methyl sites for hydroxylation is 1. The Bertz CT molecular complexity index is 940. The highest BCUT2D eigenvalue weighted by Gasteiger charge is 2.45. The number of hydrogen-bond acceptors (Lipinski definition) is 4. The smallest absolute Gasteiger partial charge is 0.306 e. The van der Waals surface area contributed by atoms with Gasteiger partial charge in [-0.3, -0.25) is 19.3 Å². The van der Waals surface area contributed by atoms with Gasteiger partial charge in [-0.2, -0.15) is 0 Å². The van der Waals surface area contributed by atoms with Crippen molar-refractivity contribution >= 4 is 29.2 Å². The number of hydrogen-bond donors (Lipinski definition) is 1. The molecule has 0 aliphatic carbocycles. The van der Waals surface area contributed by atoms with E-state index < -0.39 is 23.5 Å². The van der Waals surface area contributed by atoms with Crippen molar-refractivity contribution < 1.29 is 23.5 Å². The van der Waals surface area contributed by atoms with E-state index in [2.05, 4.69) is 5.32 Å². The number of rotatable bonds is 5. The summed E-state index contributed by atoms with van der Waals surface area (Å²) in [5, 5.41) is 2.79. The van der Waals surface area contributed by atoms with Crippen molar-refractivity contribution in [3.63, 3.8) is 0 Å². The first-order chi connectivity index (χ1) is 13.7. The summed E-state index contributed by atoms with van der Waals surface area (Å²) in [6.45, 7) is 4.77. The van der Waals surface area contributed by atoms with Gasteiger partial charge in [0.15, 0.2) is 6.10 Å². The molecule has 0 aromatic heterocycles. The molecule has 1 N–H and O–H groups in total. The second kappa shape index (κ2) is 8.03. The van der Waals surface area contributed by atoms with Gasteiger partial charge in [0, 0.05) is 6.42 Å². The van der Waals surface area contributed by atoms with Crippen LogP contribution in [0.25, 0.3) is 0 Å². The molecule has 0 saturated carbocycles. The van der Waals surface area contributed by atoms with Crippen LogP contribution in [0.1, 0.15) is 32.8 Å². The molecule has 1 aliphatic rings. The molecule has 0 fully saturated rings. The largest absolute Gasteiger partial charge is 0.453 e. The van der Waals surface area contributed by atoms with E-state index in [-0.39, 0.29) is 18.1 Å². The minimum absolute atomic E-state index is 0.0592. The molecular weight excluding hydrogens is 375 g/mol. The minimum Gasteiger partial charge on any atom is -0.453 e. The van der Waals surface area contributed by atoms with E-state index in [1.54, 1.807) is 50.2 Å². The predicted octanol–water partition coefficient (Wildman–Crippen LogP) is 3.45. The number of para-hydroxylation sites is 2. The molecule has 1 atom stereocenters. The Morgan fingerprint density at radius 3 is 2.48 bits per heavy atom. The van der Waals surface area contributed by atoms with Crippen LogP contribution in [0.4, 0.5) is 15.8 Å². The molecule has 3 rings (SSSR count). The Morgan fingerprint density at radius 2 is 1.79 bits per heavy atom. The first-order valence-electron chi connectivity index (χ1n) is 9.38. The zero-order chi connectivity index (χ0) is 21.2. The molecule has 1 heterocycles. The van der Waals surface area contributed by atoms with Gasteiger partial charge >= 0.3 is 5.97 Å².